The third-order valence-corrected chi connectivity index (χ3v) is 4.80. The molecule has 0 aliphatic carbocycles. The summed E-state index contributed by atoms with van der Waals surface area (Å²) in [5.74, 6) is -0.512. The molecule has 0 unspecified atom stereocenters. The average Bonchev–Trinajstić information content (AvgIpc) is 3.09. The number of hydrogen-bond acceptors (Lipinski definition) is 5. The van der Waals surface area contributed by atoms with Gasteiger partial charge in [0.05, 0.1) is 12.0 Å². The Balaban J connectivity index is 2.09. The van der Waals surface area contributed by atoms with E-state index in [1.807, 2.05) is 0 Å². The molecule has 0 radical (unpaired) electrons. The number of aryl methyl sites for hydroxylation is 1. The first-order chi connectivity index (χ1) is 13.8. The van der Waals surface area contributed by atoms with Gasteiger partial charge in [-0.2, -0.15) is 0 Å². The van der Waals surface area contributed by atoms with Gasteiger partial charge in [0.2, 0.25) is 0 Å². The van der Waals surface area contributed by atoms with Crippen LogP contribution in [0, 0.1) is 0 Å². The molecule has 3 rings (SSSR count). The topological polar surface area (TPSA) is 104 Å². The van der Waals surface area contributed by atoms with Gasteiger partial charge in [-0.1, -0.05) is 0 Å². The number of aromatic nitrogens is 3. The summed E-state index contributed by atoms with van der Waals surface area (Å²) in [6, 6.07) is 7.99. The maximum atomic E-state index is 12.9. The van der Waals surface area contributed by atoms with Gasteiger partial charge < -0.3 is 14.6 Å². The van der Waals surface area contributed by atoms with Crippen LogP contribution in [0.25, 0.3) is 11.0 Å². The van der Waals surface area contributed by atoms with Crippen LogP contribution in [-0.2, 0) is 25.4 Å². The second-order valence-corrected chi connectivity index (χ2v) is 6.70. The maximum Gasteiger partial charge on any atom is 0.332 e. The van der Waals surface area contributed by atoms with Crippen molar-refractivity contribution in [3.8, 4) is 0 Å². The van der Waals surface area contributed by atoms with Gasteiger partial charge in [0.1, 0.15) is 11.3 Å². The van der Waals surface area contributed by atoms with Gasteiger partial charge in [0.25, 0.3) is 11.5 Å². The lowest BCUT2D eigenvalue weighted by Crippen LogP contribution is -2.37. The lowest BCUT2D eigenvalue weighted by Gasteiger charge is -2.13. The number of rotatable bonds is 6. The molecule has 0 saturated heterocycles. The molecule has 9 nitrogen and oxygen atoms in total. The number of carbonyl (C=O) groups is 2. The quantitative estimate of drug-likeness (QED) is 0.627. The van der Waals surface area contributed by atoms with Gasteiger partial charge in [-0.25, -0.2) is 4.79 Å². The van der Waals surface area contributed by atoms with Crippen LogP contribution < -0.4 is 16.6 Å². The highest BCUT2D eigenvalue weighted by atomic mass is 16.5. The Morgan fingerprint density at radius 1 is 1.07 bits per heavy atom. The summed E-state index contributed by atoms with van der Waals surface area (Å²) in [5.41, 5.74) is 0.671. The summed E-state index contributed by atoms with van der Waals surface area (Å²) in [6.45, 7) is 2.04. The van der Waals surface area contributed by atoms with Gasteiger partial charge in [-0.05, 0) is 37.3 Å². The van der Waals surface area contributed by atoms with E-state index in [1.165, 1.54) is 31.7 Å². The molecule has 0 fully saturated rings. The Morgan fingerprint density at radius 3 is 2.31 bits per heavy atom. The fourth-order valence-corrected chi connectivity index (χ4v) is 3.22. The number of ether oxygens (including phenoxy) is 1. The summed E-state index contributed by atoms with van der Waals surface area (Å²) >= 11 is 0. The highest BCUT2D eigenvalue weighted by Gasteiger charge is 2.21. The maximum absolute atomic E-state index is 12.9. The van der Waals surface area contributed by atoms with Crippen LogP contribution in [0.2, 0.25) is 0 Å². The standard InChI is InChI=1S/C20H22N4O5/c1-12(25)13-5-7-14(8-6-13)21-17(26)16-11-15-18(24(16)9-10-29-4)22(2)20(28)23(3)19(15)27/h5-8,11H,9-10H2,1-4H3,(H,21,26). The Labute approximate surface area is 166 Å². The predicted octanol–water partition coefficient (Wildman–Crippen LogP) is 1.14. The molecule has 0 atom stereocenters. The minimum atomic E-state index is -0.481. The molecule has 2 aromatic heterocycles. The first-order valence-electron chi connectivity index (χ1n) is 8.96. The van der Waals surface area contributed by atoms with E-state index in [0.717, 1.165) is 4.57 Å². The van der Waals surface area contributed by atoms with Crippen molar-refractivity contribution in [3.05, 3.63) is 62.4 Å². The van der Waals surface area contributed by atoms with Crippen molar-refractivity contribution in [3.63, 3.8) is 0 Å². The molecule has 0 aliphatic rings. The predicted molar refractivity (Wildman–Crippen MR) is 109 cm³/mol. The van der Waals surface area contributed by atoms with Crippen molar-refractivity contribution in [2.24, 2.45) is 14.1 Å². The van der Waals surface area contributed by atoms with Gasteiger partial charge in [0, 0.05) is 39.0 Å². The van der Waals surface area contributed by atoms with Crippen LogP contribution >= 0.6 is 0 Å². The molecule has 29 heavy (non-hydrogen) atoms. The smallest absolute Gasteiger partial charge is 0.332 e. The van der Waals surface area contributed by atoms with Gasteiger partial charge in [-0.15, -0.1) is 0 Å². The Hall–Kier alpha value is -3.46. The molecular weight excluding hydrogens is 376 g/mol. The molecule has 152 valence electrons. The number of amides is 1. The van der Waals surface area contributed by atoms with Gasteiger partial charge in [-0.3, -0.25) is 23.5 Å². The summed E-state index contributed by atoms with van der Waals surface area (Å²) in [7, 11) is 4.47. The second kappa shape index (κ2) is 7.88. The summed E-state index contributed by atoms with van der Waals surface area (Å²) in [6.07, 6.45) is 0. The van der Waals surface area contributed by atoms with Crippen molar-refractivity contribution in [2.75, 3.05) is 19.0 Å². The normalized spacial score (nSPS) is 11.0. The molecule has 0 aliphatic heterocycles. The number of benzene rings is 1. The third kappa shape index (κ3) is 3.64. The molecular formula is C20H22N4O5. The lowest BCUT2D eigenvalue weighted by molar-refractivity contribution is 0.100. The number of fused-ring (bicyclic) bond motifs is 1. The van der Waals surface area contributed by atoms with Crippen LogP contribution in [0.1, 0.15) is 27.8 Å². The number of carbonyl (C=O) groups excluding carboxylic acids is 2. The van der Waals surface area contributed by atoms with Gasteiger partial charge in [0.15, 0.2) is 5.78 Å². The Kier molecular flexibility index (Phi) is 5.51. The van der Waals surface area contributed by atoms with Gasteiger partial charge >= 0.3 is 5.69 Å². The monoisotopic (exact) mass is 398 g/mol. The molecule has 0 spiro atoms. The molecule has 0 saturated carbocycles. The van der Waals surface area contributed by atoms with Crippen molar-refractivity contribution >= 4 is 28.4 Å². The SMILES string of the molecule is COCCn1c(C(=O)Nc2ccc(C(C)=O)cc2)cc2c(=O)n(C)c(=O)n(C)c21. The van der Waals surface area contributed by atoms with Crippen LogP contribution in [0.15, 0.2) is 39.9 Å². The molecule has 1 amide bonds. The van der Waals surface area contributed by atoms with E-state index in [2.05, 4.69) is 5.32 Å². The van der Waals surface area contributed by atoms with Crippen molar-refractivity contribution in [1.82, 2.24) is 13.7 Å². The van der Waals surface area contributed by atoms with E-state index in [0.29, 0.717) is 23.5 Å². The second-order valence-electron chi connectivity index (χ2n) is 6.70. The zero-order chi connectivity index (χ0) is 21.3. The minimum Gasteiger partial charge on any atom is -0.383 e. The van der Waals surface area contributed by atoms with E-state index in [4.69, 9.17) is 4.74 Å². The highest BCUT2D eigenvalue weighted by molar-refractivity contribution is 6.06. The van der Waals surface area contributed by atoms with E-state index in [9.17, 15) is 19.2 Å². The Morgan fingerprint density at radius 2 is 1.72 bits per heavy atom. The van der Waals surface area contributed by atoms with Crippen LogP contribution in [0.5, 0.6) is 0 Å². The summed E-state index contributed by atoms with van der Waals surface area (Å²) in [4.78, 5) is 49.2. The molecule has 2 heterocycles. The summed E-state index contributed by atoms with van der Waals surface area (Å²) in [5, 5.41) is 3.03. The first-order valence-corrected chi connectivity index (χ1v) is 8.96. The third-order valence-electron chi connectivity index (χ3n) is 4.80. The number of anilines is 1. The van der Waals surface area contributed by atoms with E-state index in [-0.39, 0.29) is 23.4 Å². The molecule has 9 heteroatoms. The van der Waals surface area contributed by atoms with Crippen LogP contribution in [0.3, 0.4) is 0 Å². The number of nitrogens with zero attached hydrogens (tertiary/aromatic N) is 3. The van der Waals surface area contributed by atoms with Crippen molar-refractivity contribution in [1.29, 1.82) is 0 Å². The first kappa shape index (κ1) is 20.3. The highest BCUT2D eigenvalue weighted by Crippen LogP contribution is 2.18. The molecule has 0 bridgehead atoms. The molecule has 1 N–H and O–H groups in total. The zero-order valence-corrected chi connectivity index (χ0v) is 16.7. The summed E-state index contributed by atoms with van der Waals surface area (Å²) < 4.78 is 9.06. The fourth-order valence-electron chi connectivity index (χ4n) is 3.22. The average molecular weight is 398 g/mol. The minimum absolute atomic E-state index is 0.0701. The lowest BCUT2D eigenvalue weighted by atomic mass is 10.1. The number of hydrogen-bond donors (Lipinski definition) is 1. The zero-order valence-electron chi connectivity index (χ0n) is 16.7. The Bertz CT molecular complexity index is 1210. The fraction of sp³-hybridized carbons (Fsp3) is 0.300. The largest absolute Gasteiger partial charge is 0.383 e. The molecule has 3 aromatic rings. The van der Waals surface area contributed by atoms with Crippen LogP contribution in [0.4, 0.5) is 5.69 Å². The number of ketones is 1. The molecule has 1 aromatic carbocycles. The van der Waals surface area contributed by atoms with Crippen LogP contribution in [-0.4, -0.2) is 39.1 Å². The van der Waals surface area contributed by atoms with Crippen molar-refractivity contribution in [2.45, 2.75) is 13.5 Å². The number of nitrogens with one attached hydrogen (secondary N) is 1. The number of Topliss-reactive ketones (excluding diaryl/α,β-unsaturated/α-hetero) is 1. The van der Waals surface area contributed by atoms with E-state index in [1.54, 1.807) is 35.9 Å². The van der Waals surface area contributed by atoms with E-state index < -0.39 is 17.2 Å². The van der Waals surface area contributed by atoms with Crippen molar-refractivity contribution < 1.29 is 14.3 Å². The number of methoxy groups -OCH3 is 1. The van der Waals surface area contributed by atoms with E-state index >= 15 is 0 Å².